The highest BCUT2D eigenvalue weighted by Gasteiger charge is 2.40. The fraction of sp³-hybridized carbons (Fsp3) is 0.389. The van der Waals surface area contributed by atoms with Gasteiger partial charge in [-0.3, -0.25) is 9.59 Å². The fourth-order valence-corrected chi connectivity index (χ4v) is 4.03. The van der Waals surface area contributed by atoms with Crippen LogP contribution in [0.1, 0.15) is 31.2 Å². The molecule has 0 saturated heterocycles. The zero-order chi connectivity index (χ0) is 16.0. The Bertz CT molecular complexity index is 856. The first-order valence-electron chi connectivity index (χ1n) is 8.02. The Kier molecular flexibility index (Phi) is 3.19. The average Bonchev–Trinajstić information content (AvgIpc) is 3.21. The Hall–Kier alpha value is -2.61. The van der Waals surface area contributed by atoms with Gasteiger partial charge in [-0.25, -0.2) is 0 Å². The molecule has 2 bridgehead atoms. The number of anilines is 3. The molecule has 2 aliphatic carbocycles. The largest absolute Gasteiger partial charge is 0.377 e. The van der Waals surface area contributed by atoms with Crippen molar-refractivity contribution in [2.75, 3.05) is 10.6 Å². The van der Waals surface area contributed by atoms with Gasteiger partial charge < -0.3 is 10.6 Å². The van der Waals surface area contributed by atoms with Crippen molar-refractivity contribution in [3.05, 3.63) is 50.3 Å². The van der Waals surface area contributed by atoms with Crippen LogP contribution in [0.4, 0.5) is 17.1 Å². The van der Waals surface area contributed by atoms with Gasteiger partial charge in [0.1, 0.15) is 11.4 Å². The molecule has 4 rings (SSSR count). The number of nitrogens with zero attached hydrogens (tertiary/aromatic N) is 1. The molecule has 5 heteroatoms. The molecular formula is C18H17N3O2. The second kappa shape index (κ2) is 5.24. The van der Waals surface area contributed by atoms with Gasteiger partial charge in [0.2, 0.25) is 0 Å². The number of fused-ring (bicyclic) bond motifs is 2. The van der Waals surface area contributed by atoms with Crippen molar-refractivity contribution in [2.24, 2.45) is 11.8 Å². The van der Waals surface area contributed by atoms with Crippen molar-refractivity contribution >= 4 is 17.1 Å². The van der Waals surface area contributed by atoms with Crippen LogP contribution in [0.2, 0.25) is 0 Å². The molecule has 2 aliphatic rings. The molecule has 0 aromatic heterocycles. The minimum absolute atomic E-state index is 0.318. The monoisotopic (exact) mass is 307 g/mol. The summed E-state index contributed by atoms with van der Waals surface area (Å²) >= 11 is 0. The zero-order valence-corrected chi connectivity index (χ0v) is 12.6. The second-order valence-electron chi connectivity index (χ2n) is 6.65. The molecule has 0 radical (unpaired) electrons. The summed E-state index contributed by atoms with van der Waals surface area (Å²) in [5, 5.41) is 15.1. The Labute approximate surface area is 133 Å². The molecule has 0 amide bonds. The minimum Gasteiger partial charge on any atom is -0.377 e. The first kappa shape index (κ1) is 14.0. The van der Waals surface area contributed by atoms with E-state index in [1.807, 2.05) is 0 Å². The Morgan fingerprint density at radius 3 is 2.35 bits per heavy atom. The topological polar surface area (TPSA) is 82.0 Å². The van der Waals surface area contributed by atoms with Crippen molar-refractivity contribution in [3.8, 4) is 6.07 Å². The third-order valence-electron chi connectivity index (χ3n) is 5.26. The van der Waals surface area contributed by atoms with Gasteiger partial charge >= 0.3 is 0 Å². The standard InChI is InChI=1S/C18H17N3O2/c19-9-10-2-5-13(6-3-10)20-15-16(18(23)17(15)22)21-14-8-11-1-4-12(14)7-11/h2-3,5-6,11-12,14,20-21H,1,4,7-8H2/t11-,12+,14-/m0/s1. The van der Waals surface area contributed by atoms with Crippen LogP contribution < -0.4 is 21.5 Å². The molecule has 0 spiro atoms. The fourth-order valence-electron chi connectivity index (χ4n) is 4.03. The van der Waals surface area contributed by atoms with Crippen molar-refractivity contribution in [2.45, 2.75) is 31.7 Å². The highest BCUT2D eigenvalue weighted by molar-refractivity contribution is 5.79. The summed E-state index contributed by atoms with van der Waals surface area (Å²) in [6.07, 6.45) is 4.85. The van der Waals surface area contributed by atoms with Gasteiger partial charge in [0.05, 0.1) is 11.6 Å². The molecule has 2 fully saturated rings. The molecule has 5 nitrogen and oxygen atoms in total. The smallest absolute Gasteiger partial charge is 0.253 e. The SMILES string of the molecule is N#Cc1ccc(Nc2c(N[C@H]3C[C@H]4CC[C@@H]3C4)c(=O)c2=O)cc1. The summed E-state index contributed by atoms with van der Waals surface area (Å²) in [7, 11) is 0. The van der Waals surface area contributed by atoms with E-state index in [0.717, 1.165) is 12.3 Å². The molecule has 116 valence electrons. The van der Waals surface area contributed by atoms with Crippen molar-refractivity contribution < 1.29 is 0 Å². The van der Waals surface area contributed by atoms with Crippen LogP contribution in [-0.4, -0.2) is 6.04 Å². The number of nitrogens with one attached hydrogen (secondary N) is 2. The maximum atomic E-state index is 11.9. The van der Waals surface area contributed by atoms with E-state index in [4.69, 9.17) is 5.26 Å². The normalized spacial score (nSPS) is 25.4. The summed E-state index contributed by atoms with van der Waals surface area (Å²) in [6, 6.07) is 9.19. The van der Waals surface area contributed by atoms with Crippen molar-refractivity contribution in [1.29, 1.82) is 5.26 Å². The van der Waals surface area contributed by atoms with Crippen LogP contribution in [0.25, 0.3) is 0 Å². The highest BCUT2D eigenvalue weighted by atomic mass is 16.2. The first-order valence-corrected chi connectivity index (χ1v) is 8.02. The van der Waals surface area contributed by atoms with Gasteiger partial charge in [0, 0.05) is 11.7 Å². The second-order valence-corrected chi connectivity index (χ2v) is 6.65. The van der Waals surface area contributed by atoms with Gasteiger partial charge in [0.25, 0.3) is 10.9 Å². The van der Waals surface area contributed by atoms with E-state index < -0.39 is 10.9 Å². The number of hydrogen-bond acceptors (Lipinski definition) is 5. The maximum absolute atomic E-state index is 11.9. The van der Waals surface area contributed by atoms with Crippen LogP contribution in [-0.2, 0) is 0 Å². The predicted molar refractivity (Wildman–Crippen MR) is 88.7 cm³/mol. The average molecular weight is 307 g/mol. The van der Waals surface area contributed by atoms with Gasteiger partial charge in [-0.15, -0.1) is 0 Å². The van der Waals surface area contributed by atoms with Crippen molar-refractivity contribution in [3.63, 3.8) is 0 Å². The summed E-state index contributed by atoms with van der Waals surface area (Å²) < 4.78 is 0. The number of hydrogen-bond donors (Lipinski definition) is 2. The summed E-state index contributed by atoms with van der Waals surface area (Å²) in [4.78, 5) is 23.8. The summed E-state index contributed by atoms with van der Waals surface area (Å²) in [6.45, 7) is 0. The van der Waals surface area contributed by atoms with Crippen molar-refractivity contribution in [1.82, 2.24) is 0 Å². The van der Waals surface area contributed by atoms with Crippen LogP contribution in [0.5, 0.6) is 0 Å². The van der Waals surface area contributed by atoms with E-state index in [1.54, 1.807) is 24.3 Å². The van der Waals surface area contributed by atoms with Gasteiger partial charge in [-0.2, -0.15) is 5.26 Å². The number of benzene rings is 1. The lowest BCUT2D eigenvalue weighted by atomic mass is 9.94. The molecule has 2 aromatic rings. The lowest BCUT2D eigenvalue weighted by Gasteiger charge is -2.25. The Morgan fingerprint density at radius 2 is 1.74 bits per heavy atom. The zero-order valence-electron chi connectivity index (χ0n) is 12.6. The van der Waals surface area contributed by atoms with Crippen LogP contribution in [0, 0.1) is 23.2 Å². The highest BCUT2D eigenvalue weighted by Crippen LogP contribution is 2.45. The molecule has 2 saturated carbocycles. The lowest BCUT2D eigenvalue weighted by Crippen LogP contribution is -2.40. The number of nitriles is 1. The van der Waals surface area contributed by atoms with E-state index >= 15 is 0 Å². The Morgan fingerprint density at radius 1 is 1.00 bits per heavy atom. The van der Waals surface area contributed by atoms with E-state index in [-0.39, 0.29) is 0 Å². The van der Waals surface area contributed by atoms with Gasteiger partial charge in [0.15, 0.2) is 0 Å². The van der Waals surface area contributed by atoms with E-state index in [0.29, 0.717) is 34.6 Å². The predicted octanol–water partition coefficient (Wildman–Crippen LogP) is 2.50. The van der Waals surface area contributed by atoms with Crippen LogP contribution >= 0.6 is 0 Å². The molecule has 0 aliphatic heterocycles. The van der Waals surface area contributed by atoms with Gasteiger partial charge in [-0.05, 0) is 55.4 Å². The maximum Gasteiger partial charge on any atom is 0.253 e. The molecular weight excluding hydrogens is 290 g/mol. The lowest BCUT2D eigenvalue weighted by molar-refractivity contribution is 0.439. The Balaban J connectivity index is 1.53. The van der Waals surface area contributed by atoms with Crippen LogP contribution in [0.15, 0.2) is 33.9 Å². The molecule has 2 aromatic carbocycles. The third kappa shape index (κ3) is 2.31. The minimum atomic E-state index is -0.472. The quantitative estimate of drug-likeness (QED) is 0.848. The number of rotatable bonds is 4. The van der Waals surface area contributed by atoms with Crippen LogP contribution in [0.3, 0.4) is 0 Å². The third-order valence-corrected chi connectivity index (χ3v) is 5.26. The molecule has 23 heavy (non-hydrogen) atoms. The molecule has 0 unspecified atom stereocenters. The molecule has 3 atom stereocenters. The van der Waals surface area contributed by atoms with Gasteiger partial charge in [-0.1, -0.05) is 6.42 Å². The van der Waals surface area contributed by atoms with E-state index in [9.17, 15) is 9.59 Å². The first-order chi connectivity index (χ1) is 11.2. The molecule has 0 heterocycles. The summed E-state index contributed by atoms with van der Waals surface area (Å²) in [5.74, 6) is 1.41. The molecule has 2 N–H and O–H groups in total. The van der Waals surface area contributed by atoms with E-state index in [1.165, 1.54) is 19.3 Å². The summed E-state index contributed by atoms with van der Waals surface area (Å²) in [5.41, 5.74) is 1.14. The van der Waals surface area contributed by atoms with E-state index in [2.05, 4.69) is 16.7 Å².